The summed E-state index contributed by atoms with van der Waals surface area (Å²) in [5.74, 6) is 0. The van der Waals surface area contributed by atoms with Crippen LogP contribution >= 0.6 is 0 Å². The average molecular weight is 156 g/mol. The first-order valence-corrected chi connectivity index (χ1v) is 4.96. The lowest BCUT2D eigenvalue weighted by atomic mass is 9.56. The van der Waals surface area contributed by atoms with Gasteiger partial charge in [0, 0.05) is 0 Å². The quantitative estimate of drug-likeness (QED) is 0.492. The van der Waals surface area contributed by atoms with Gasteiger partial charge in [-0.25, -0.2) is 0 Å². The lowest BCUT2D eigenvalue weighted by Gasteiger charge is -2.49. The van der Waals surface area contributed by atoms with Crippen LogP contribution in [-0.4, -0.2) is 0 Å². The Labute approximate surface area is 72.4 Å². The standard InChI is InChI=1S/C9H18.C2H6/c1-8(2,3)9(4)6-5-7-9;1-2/h5-7H2,1-4H3;1-2H3. The molecule has 0 atom stereocenters. The molecule has 1 fully saturated rings. The maximum Gasteiger partial charge on any atom is -0.0277 e. The van der Waals surface area contributed by atoms with E-state index in [1.54, 1.807) is 0 Å². The Hall–Kier alpha value is 0. The molecular weight excluding hydrogens is 132 g/mol. The zero-order valence-electron chi connectivity index (χ0n) is 9.12. The largest absolute Gasteiger partial charge is 0.0683 e. The number of rotatable bonds is 0. The van der Waals surface area contributed by atoms with Gasteiger partial charge in [0.05, 0.1) is 0 Å². The predicted molar refractivity (Wildman–Crippen MR) is 52.8 cm³/mol. The molecule has 68 valence electrons. The van der Waals surface area contributed by atoms with Crippen LogP contribution in [0.3, 0.4) is 0 Å². The zero-order valence-corrected chi connectivity index (χ0v) is 9.12. The summed E-state index contributed by atoms with van der Waals surface area (Å²) < 4.78 is 0. The average Bonchev–Trinajstić information content (AvgIpc) is 1.85. The second-order valence-corrected chi connectivity index (χ2v) is 4.66. The Morgan fingerprint density at radius 3 is 1.36 bits per heavy atom. The van der Waals surface area contributed by atoms with Crippen molar-refractivity contribution >= 4 is 0 Å². The minimum Gasteiger partial charge on any atom is -0.0683 e. The Kier molecular flexibility index (Phi) is 3.60. The molecule has 0 bridgehead atoms. The van der Waals surface area contributed by atoms with Crippen LogP contribution in [0.4, 0.5) is 0 Å². The molecule has 0 unspecified atom stereocenters. The van der Waals surface area contributed by atoms with Crippen molar-refractivity contribution in [3.8, 4) is 0 Å². The van der Waals surface area contributed by atoms with Crippen molar-refractivity contribution in [3.63, 3.8) is 0 Å². The van der Waals surface area contributed by atoms with Crippen LogP contribution in [0.2, 0.25) is 0 Å². The summed E-state index contributed by atoms with van der Waals surface area (Å²) in [6.07, 6.45) is 4.33. The van der Waals surface area contributed by atoms with Crippen LogP contribution in [0.1, 0.15) is 60.8 Å². The summed E-state index contributed by atoms with van der Waals surface area (Å²) in [7, 11) is 0. The molecule has 0 saturated heterocycles. The molecule has 1 aliphatic carbocycles. The molecule has 0 spiro atoms. The van der Waals surface area contributed by atoms with Crippen LogP contribution < -0.4 is 0 Å². The summed E-state index contributed by atoms with van der Waals surface area (Å²) in [4.78, 5) is 0. The highest BCUT2D eigenvalue weighted by Gasteiger charge is 2.41. The molecule has 0 aromatic heterocycles. The van der Waals surface area contributed by atoms with E-state index in [1.165, 1.54) is 19.3 Å². The van der Waals surface area contributed by atoms with E-state index in [1.807, 2.05) is 13.8 Å². The molecule has 11 heavy (non-hydrogen) atoms. The monoisotopic (exact) mass is 156 g/mol. The summed E-state index contributed by atoms with van der Waals surface area (Å²) >= 11 is 0. The van der Waals surface area contributed by atoms with E-state index in [9.17, 15) is 0 Å². The molecule has 1 rings (SSSR count). The highest BCUT2D eigenvalue weighted by atomic mass is 14.5. The fraction of sp³-hybridized carbons (Fsp3) is 1.00. The second-order valence-electron chi connectivity index (χ2n) is 4.66. The zero-order chi connectivity index (χ0) is 9.12. The van der Waals surface area contributed by atoms with Crippen molar-refractivity contribution in [2.45, 2.75) is 60.8 Å². The van der Waals surface area contributed by atoms with Gasteiger partial charge in [-0.15, -0.1) is 0 Å². The van der Waals surface area contributed by atoms with Gasteiger partial charge in [0.1, 0.15) is 0 Å². The third-order valence-electron chi connectivity index (χ3n) is 3.27. The Morgan fingerprint density at radius 1 is 1.00 bits per heavy atom. The van der Waals surface area contributed by atoms with Crippen molar-refractivity contribution in [3.05, 3.63) is 0 Å². The predicted octanol–water partition coefficient (Wildman–Crippen LogP) is 4.25. The molecule has 0 aliphatic heterocycles. The summed E-state index contributed by atoms with van der Waals surface area (Å²) in [5, 5.41) is 0. The van der Waals surface area contributed by atoms with E-state index in [0.29, 0.717) is 10.8 Å². The lowest BCUT2D eigenvalue weighted by molar-refractivity contribution is 0.0176. The Bertz CT molecular complexity index is 102. The maximum atomic E-state index is 2.41. The minimum atomic E-state index is 0.533. The van der Waals surface area contributed by atoms with E-state index in [2.05, 4.69) is 27.7 Å². The molecule has 0 N–H and O–H groups in total. The van der Waals surface area contributed by atoms with Crippen LogP contribution in [0.25, 0.3) is 0 Å². The minimum absolute atomic E-state index is 0.533. The maximum absolute atomic E-state index is 2.41. The van der Waals surface area contributed by atoms with Gasteiger partial charge in [0.25, 0.3) is 0 Å². The Balaban J connectivity index is 0.000000461. The van der Waals surface area contributed by atoms with Gasteiger partial charge in [-0.2, -0.15) is 0 Å². The van der Waals surface area contributed by atoms with Gasteiger partial charge >= 0.3 is 0 Å². The third-order valence-corrected chi connectivity index (χ3v) is 3.27. The number of hydrogen-bond donors (Lipinski definition) is 0. The van der Waals surface area contributed by atoms with Crippen LogP contribution in [0.5, 0.6) is 0 Å². The fourth-order valence-electron chi connectivity index (χ4n) is 1.46. The van der Waals surface area contributed by atoms with Crippen molar-refractivity contribution < 1.29 is 0 Å². The van der Waals surface area contributed by atoms with E-state index in [-0.39, 0.29) is 0 Å². The fourth-order valence-corrected chi connectivity index (χ4v) is 1.46. The van der Waals surface area contributed by atoms with Gasteiger partial charge in [0.2, 0.25) is 0 Å². The van der Waals surface area contributed by atoms with Crippen molar-refractivity contribution in [2.75, 3.05) is 0 Å². The van der Waals surface area contributed by atoms with Crippen molar-refractivity contribution in [1.29, 1.82) is 0 Å². The highest BCUT2D eigenvalue weighted by Crippen LogP contribution is 2.52. The van der Waals surface area contributed by atoms with Gasteiger partial charge in [-0.3, -0.25) is 0 Å². The first kappa shape index (κ1) is 11.0. The first-order valence-electron chi connectivity index (χ1n) is 4.96. The molecule has 0 heterocycles. The molecule has 0 aromatic carbocycles. The van der Waals surface area contributed by atoms with Gasteiger partial charge in [0.15, 0.2) is 0 Å². The molecule has 1 aliphatic rings. The SMILES string of the molecule is CC.CC(C)(C)C1(C)CCC1. The molecular formula is C11H24. The van der Waals surface area contributed by atoms with Crippen LogP contribution in [0, 0.1) is 10.8 Å². The molecule has 0 heteroatoms. The normalized spacial score (nSPS) is 21.3. The van der Waals surface area contributed by atoms with E-state index >= 15 is 0 Å². The lowest BCUT2D eigenvalue weighted by Crippen LogP contribution is -2.38. The van der Waals surface area contributed by atoms with Gasteiger partial charge in [-0.05, 0) is 23.7 Å². The van der Waals surface area contributed by atoms with E-state index < -0.39 is 0 Å². The second kappa shape index (κ2) is 3.60. The molecule has 0 radical (unpaired) electrons. The van der Waals surface area contributed by atoms with E-state index in [4.69, 9.17) is 0 Å². The molecule has 0 nitrogen and oxygen atoms in total. The van der Waals surface area contributed by atoms with Crippen molar-refractivity contribution in [2.24, 2.45) is 10.8 Å². The van der Waals surface area contributed by atoms with Crippen molar-refractivity contribution in [1.82, 2.24) is 0 Å². The topological polar surface area (TPSA) is 0 Å². The summed E-state index contributed by atoms with van der Waals surface area (Å²) in [5.41, 5.74) is 1.19. The Morgan fingerprint density at radius 2 is 1.36 bits per heavy atom. The highest BCUT2D eigenvalue weighted by molar-refractivity contribution is 4.92. The molecule has 0 aromatic rings. The molecule has 1 saturated carbocycles. The third kappa shape index (κ3) is 2.21. The van der Waals surface area contributed by atoms with Crippen LogP contribution in [0.15, 0.2) is 0 Å². The van der Waals surface area contributed by atoms with Gasteiger partial charge in [-0.1, -0.05) is 48.0 Å². The summed E-state index contributed by atoms with van der Waals surface area (Å²) in [6, 6.07) is 0. The summed E-state index contributed by atoms with van der Waals surface area (Å²) in [6.45, 7) is 13.5. The van der Waals surface area contributed by atoms with Crippen LogP contribution in [-0.2, 0) is 0 Å². The smallest absolute Gasteiger partial charge is 0.0277 e. The van der Waals surface area contributed by atoms with Gasteiger partial charge < -0.3 is 0 Å². The molecule has 0 amide bonds. The van der Waals surface area contributed by atoms with E-state index in [0.717, 1.165) is 0 Å². The first-order chi connectivity index (χ1) is 4.96. The number of hydrogen-bond acceptors (Lipinski definition) is 0.